The van der Waals surface area contributed by atoms with Gasteiger partial charge in [0.05, 0.1) is 0 Å². The summed E-state index contributed by atoms with van der Waals surface area (Å²) in [6.45, 7) is 5.77. The zero-order valence-electron chi connectivity index (χ0n) is 8.88. The van der Waals surface area contributed by atoms with Crippen molar-refractivity contribution >= 4 is 5.78 Å². The van der Waals surface area contributed by atoms with Crippen molar-refractivity contribution in [2.24, 2.45) is 11.8 Å². The van der Waals surface area contributed by atoms with E-state index in [1.165, 1.54) is 0 Å². The Kier molecular flexibility index (Phi) is 4.46. The number of ketones is 1. The van der Waals surface area contributed by atoms with Crippen molar-refractivity contribution < 1.29 is 4.79 Å². The van der Waals surface area contributed by atoms with E-state index >= 15 is 0 Å². The molecule has 1 rings (SSSR count). The van der Waals surface area contributed by atoms with Gasteiger partial charge in [0.15, 0.2) is 0 Å². The highest BCUT2D eigenvalue weighted by atomic mass is 16.1. The van der Waals surface area contributed by atoms with Crippen molar-refractivity contribution in [1.82, 2.24) is 0 Å². The van der Waals surface area contributed by atoms with Crippen molar-refractivity contribution in [3.05, 3.63) is 12.7 Å². The lowest BCUT2D eigenvalue weighted by Gasteiger charge is -2.13. The zero-order chi connectivity index (χ0) is 10.4. The third kappa shape index (κ3) is 2.73. The maximum absolute atomic E-state index is 11.6. The van der Waals surface area contributed by atoms with Gasteiger partial charge in [-0.25, -0.2) is 0 Å². The van der Waals surface area contributed by atoms with Crippen molar-refractivity contribution in [2.75, 3.05) is 0 Å². The Morgan fingerprint density at radius 2 is 2.36 bits per heavy atom. The van der Waals surface area contributed by atoms with Crippen LogP contribution in [0.15, 0.2) is 12.7 Å². The summed E-state index contributed by atoms with van der Waals surface area (Å²) < 4.78 is 0. The lowest BCUT2D eigenvalue weighted by Crippen LogP contribution is -2.13. The molecule has 0 saturated heterocycles. The van der Waals surface area contributed by atoms with Crippen molar-refractivity contribution in [1.29, 1.82) is 0 Å². The topological polar surface area (TPSA) is 17.1 Å². The van der Waals surface area contributed by atoms with E-state index in [-0.39, 0.29) is 5.92 Å². The van der Waals surface area contributed by atoms with Crippen molar-refractivity contribution in [3.8, 4) is 11.8 Å². The first kappa shape index (κ1) is 11.0. The van der Waals surface area contributed by atoms with Crippen LogP contribution in [-0.4, -0.2) is 5.78 Å². The summed E-state index contributed by atoms with van der Waals surface area (Å²) in [7, 11) is 0. The first-order chi connectivity index (χ1) is 6.79. The molecule has 0 aromatic carbocycles. The van der Waals surface area contributed by atoms with Gasteiger partial charge in [-0.2, -0.15) is 0 Å². The monoisotopic (exact) mass is 190 g/mol. The molecule has 0 bridgehead atoms. The lowest BCUT2D eigenvalue weighted by molar-refractivity contribution is -0.121. The third-order valence-electron chi connectivity index (χ3n) is 2.84. The molecule has 2 atom stereocenters. The number of rotatable bonds is 3. The summed E-state index contributed by atoms with van der Waals surface area (Å²) in [6.07, 6.45) is 6.30. The van der Waals surface area contributed by atoms with Crippen LogP contribution < -0.4 is 0 Å². The molecule has 1 aliphatic rings. The number of Topliss-reactive ketones (excluding diaryl/α,β-unsaturated/α-hetero) is 1. The second kappa shape index (κ2) is 5.65. The smallest absolute Gasteiger partial charge is 0.137 e. The molecule has 1 aliphatic carbocycles. The van der Waals surface area contributed by atoms with Crippen LogP contribution in [0.3, 0.4) is 0 Å². The number of carbonyl (C=O) groups is 1. The minimum absolute atomic E-state index is 0.187. The second-order valence-electron chi connectivity index (χ2n) is 3.81. The van der Waals surface area contributed by atoms with Gasteiger partial charge in [-0.3, -0.25) is 4.79 Å². The fourth-order valence-corrected chi connectivity index (χ4v) is 2.06. The zero-order valence-corrected chi connectivity index (χ0v) is 8.88. The molecule has 0 amide bonds. The SMILES string of the molecule is C=CC[C@H]1CCC(=O)[C@H]1CC#CCC. The molecule has 1 heteroatoms. The van der Waals surface area contributed by atoms with Gasteiger partial charge in [0.2, 0.25) is 0 Å². The van der Waals surface area contributed by atoms with Gasteiger partial charge < -0.3 is 0 Å². The predicted molar refractivity (Wildman–Crippen MR) is 58.7 cm³/mol. The van der Waals surface area contributed by atoms with E-state index in [9.17, 15) is 4.79 Å². The second-order valence-corrected chi connectivity index (χ2v) is 3.81. The number of hydrogen-bond acceptors (Lipinski definition) is 1. The quantitative estimate of drug-likeness (QED) is 0.494. The van der Waals surface area contributed by atoms with Crippen LogP contribution in [-0.2, 0) is 4.79 Å². The Labute approximate surface area is 86.6 Å². The van der Waals surface area contributed by atoms with Crippen molar-refractivity contribution in [3.63, 3.8) is 0 Å². The normalized spacial score (nSPS) is 25.6. The van der Waals surface area contributed by atoms with Gasteiger partial charge in [0.25, 0.3) is 0 Å². The van der Waals surface area contributed by atoms with Crippen LogP contribution in [0.5, 0.6) is 0 Å². The van der Waals surface area contributed by atoms with E-state index in [0.717, 1.165) is 32.1 Å². The summed E-state index contributed by atoms with van der Waals surface area (Å²) in [4.78, 5) is 11.6. The van der Waals surface area contributed by atoms with Gasteiger partial charge >= 0.3 is 0 Å². The van der Waals surface area contributed by atoms with Gasteiger partial charge in [-0.15, -0.1) is 18.4 Å². The van der Waals surface area contributed by atoms with E-state index in [2.05, 4.69) is 18.4 Å². The molecule has 1 nitrogen and oxygen atoms in total. The molecule has 0 unspecified atom stereocenters. The highest BCUT2D eigenvalue weighted by molar-refractivity contribution is 5.83. The molecular formula is C13H18O. The molecule has 76 valence electrons. The Balaban J connectivity index is 2.53. The third-order valence-corrected chi connectivity index (χ3v) is 2.84. The molecule has 1 saturated carbocycles. The van der Waals surface area contributed by atoms with E-state index in [0.29, 0.717) is 11.7 Å². The molecular weight excluding hydrogens is 172 g/mol. The minimum atomic E-state index is 0.187. The van der Waals surface area contributed by atoms with Gasteiger partial charge in [-0.1, -0.05) is 13.0 Å². The Hall–Kier alpha value is -1.03. The first-order valence-corrected chi connectivity index (χ1v) is 5.39. The van der Waals surface area contributed by atoms with Crippen LogP contribution in [0.4, 0.5) is 0 Å². The molecule has 0 radical (unpaired) electrons. The molecule has 0 aromatic heterocycles. The minimum Gasteiger partial charge on any atom is -0.299 e. The van der Waals surface area contributed by atoms with E-state index in [1.54, 1.807) is 0 Å². The Morgan fingerprint density at radius 3 is 3.00 bits per heavy atom. The molecule has 0 N–H and O–H groups in total. The number of allylic oxidation sites excluding steroid dienone is 1. The molecule has 0 heterocycles. The van der Waals surface area contributed by atoms with Gasteiger partial charge in [0.1, 0.15) is 5.78 Å². The summed E-state index contributed by atoms with van der Waals surface area (Å²) in [5.74, 6) is 7.22. The maximum Gasteiger partial charge on any atom is 0.137 e. The van der Waals surface area contributed by atoms with E-state index in [4.69, 9.17) is 0 Å². The predicted octanol–water partition coefficient (Wildman–Crippen LogP) is 2.96. The number of carbonyl (C=O) groups excluding carboxylic acids is 1. The summed E-state index contributed by atoms with van der Waals surface area (Å²) in [5.41, 5.74) is 0. The van der Waals surface area contributed by atoms with Crippen LogP contribution in [0.1, 0.15) is 39.0 Å². The van der Waals surface area contributed by atoms with E-state index < -0.39 is 0 Å². The van der Waals surface area contributed by atoms with E-state index in [1.807, 2.05) is 13.0 Å². The van der Waals surface area contributed by atoms with Gasteiger partial charge in [-0.05, 0) is 18.8 Å². The number of hydrogen-bond donors (Lipinski definition) is 0. The van der Waals surface area contributed by atoms with Crippen LogP contribution >= 0.6 is 0 Å². The van der Waals surface area contributed by atoms with Crippen LogP contribution in [0.2, 0.25) is 0 Å². The van der Waals surface area contributed by atoms with Crippen LogP contribution in [0, 0.1) is 23.7 Å². The summed E-state index contributed by atoms with van der Waals surface area (Å²) in [6, 6.07) is 0. The van der Waals surface area contributed by atoms with Crippen molar-refractivity contribution in [2.45, 2.75) is 39.0 Å². The largest absolute Gasteiger partial charge is 0.299 e. The molecule has 14 heavy (non-hydrogen) atoms. The average Bonchev–Trinajstić information content (AvgIpc) is 2.50. The standard InChI is InChI=1S/C13H18O/c1-3-5-6-8-12-11(7-4-2)9-10-13(12)14/h4,11-12H,2-3,7-10H2,1H3/t11-,12-/m0/s1. The first-order valence-electron chi connectivity index (χ1n) is 5.39. The summed E-state index contributed by atoms with van der Waals surface area (Å²) >= 11 is 0. The fraction of sp³-hybridized carbons (Fsp3) is 0.615. The van der Waals surface area contributed by atoms with Crippen LogP contribution in [0.25, 0.3) is 0 Å². The Morgan fingerprint density at radius 1 is 1.57 bits per heavy atom. The molecule has 0 aromatic rings. The van der Waals surface area contributed by atoms with Gasteiger partial charge in [0, 0.05) is 25.2 Å². The molecule has 1 fully saturated rings. The lowest BCUT2D eigenvalue weighted by atomic mass is 9.90. The fourth-order valence-electron chi connectivity index (χ4n) is 2.06. The average molecular weight is 190 g/mol. The highest BCUT2D eigenvalue weighted by Crippen LogP contribution is 2.33. The summed E-state index contributed by atoms with van der Waals surface area (Å²) in [5, 5.41) is 0. The maximum atomic E-state index is 11.6. The highest BCUT2D eigenvalue weighted by Gasteiger charge is 2.32. The Bertz CT molecular complexity index is 267. The molecule has 0 aliphatic heterocycles. The molecule has 0 spiro atoms.